The lowest BCUT2D eigenvalue weighted by atomic mass is 9.98. The molecule has 0 saturated carbocycles. The van der Waals surface area contributed by atoms with Gasteiger partial charge in [0.2, 0.25) is 10.0 Å². The minimum absolute atomic E-state index is 0.0260. The lowest BCUT2D eigenvalue weighted by molar-refractivity contribution is -0.137. The molecule has 7 nitrogen and oxygen atoms in total. The molecule has 2 N–H and O–H groups in total. The van der Waals surface area contributed by atoms with Crippen LogP contribution >= 0.6 is 0 Å². The van der Waals surface area contributed by atoms with Gasteiger partial charge in [-0.25, -0.2) is 13.1 Å². The molecule has 0 spiro atoms. The fourth-order valence-electron chi connectivity index (χ4n) is 1.49. The van der Waals surface area contributed by atoms with Gasteiger partial charge in [0.1, 0.15) is 11.4 Å². The smallest absolute Gasteiger partial charge is 0.325 e. The molecule has 1 aromatic rings. The van der Waals surface area contributed by atoms with E-state index in [1.165, 1.54) is 6.20 Å². The molecule has 0 saturated heterocycles. The minimum atomic E-state index is -3.68. The summed E-state index contributed by atoms with van der Waals surface area (Å²) in [5, 5.41) is 12.3. The molecule has 0 unspecified atom stereocenters. The Bertz CT molecular complexity index is 546. The molecule has 0 aliphatic heterocycles. The summed E-state index contributed by atoms with van der Waals surface area (Å²) in [4.78, 5) is 10.5. The highest BCUT2D eigenvalue weighted by Gasteiger charge is 2.28. The molecule has 0 amide bonds. The van der Waals surface area contributed by atoms with Gasteiger partial charge in [0, 0.05) is 11.7 Å². The van der Waals surface area contributed by atoms with Crippen LogP contribution in [-0.2, 0) is 21.4 Å². The third kappa shape index (κ3) is 4.03. The van der Waals surface area contributed by atoms with E-state index >= 15 is 0 Å². The van der Waals surface area contributed by atoms with Crippen molar-refractivity contribution in [3.63, 3.8) is 0 Å². The maximum atomic E-state index is 12.2. The van der Waals surface area contributed by atoms with Gasteiger partial charge >= 0.3 is 5.97 Å². The molecular weight excluding hydrogens is 270 g/mol. The van der Waals surface area contributed by atoms with Gasteiger partial charge in [-0.3, -0.25) is 9.48 Å². The van der Waals surface area contributed by atoms with Gasteiger partial charge in [-0.1, -0.05) is 13.8 Å². The van der Waals surface area contributed by atoms with Crippen molar-refractivity contribution in [1.82, 2.24) is 14.5 Å². The summed E-state index contributed by atoms with van der Waals surface area (Å²) >= 11 is 0. The van der Waals surface area contributed by atoms with Crippen molar-refractivity contribution in [2.75, 3.05) is 0 Å². The van der Waals surface area contributed by atoms with E-state index in [0.29, 0.717) is 12.8 Å². The second-order valence-electron chi connectivity index (χ2n) is 4.64. The van der Waals surface area contributed by atoms with Crippen LogP contribution in [0, 0.1) is 0 Å². The lowest BCUT2D eigenvalue weighted by Gasteiger charge is -2.27. The van der Waals surface area contributed by atoms with Gasteiger partial charge in [-0.05, 0) is 19.8 Å². The Morgan fingerprint density at radius 2 is 2.05 bits per heavy atom. The SMILES string of the molecule is CCC(C)(CC)NS(=O)(=O)c1cnn(CC(=O)O)c1. The quantitative estimate of drug-likeness (QED) is 0.774. The van der Waals surface area contributed by atoms with Crippen molar-refractivity contribution in [2.45, 2.75) is 50.6 Å². The Morgan fingerprint density at radius 1 is 1.47 bits per heavy atom. The molecule has 0 fully saturated rings. The Balaban J connectivity index is 2.95. The summed E-state index contributed by atoms with van der Waals surface area (Å²) in [6.07, 6.45) is 3.68. The summed E-state index contributed by atoms with van der Waals surface area (Å²) < 4.78 is 28.0. The van der Waals surface area contributed by atoms with Crippen LogP contribution in [0.3, 0.4) is 0 Å². The summed E-state index contributed by atoms with van der Waals surface area (Å²) in [7, 11) is -3.68. The highest BCUT2D eigenvalue weighted by Crippen LogP contribution is 2.18. The average molecular weight is 289 g/mol. The third-order valence-corrected chi connectivity index (χ3v) is 4.75. The fraction of sp³-hybridized carbons (Fsp3) is 0.636. The molecule has 1 aromatic heterocycles. The van der Waals surface area contributed by atoms with E-state index in [2.05, 4.69) is 9.82 Å². The molecule has 8 heteroatoms. The standard InChI is InChI=1S/C11H19N3O4S/c1-4-11(3,5-2)13-19(17,18)9-6-12-14(7-9)8-10(15)16/h6-7,13H,4-5,8H2,1-3H3,(H,15,16). The van der Waals surface area contributed by atoms with Crippen LogP contribution in [-0.4, -0.2) is 34.8 Å². The first-order chi connectivity index (χ1) is 8.72. The van der Waals surface area contributed by atoms with Crippen molar-refractivity contribution in [1.29, 1.82) is 0 Å². The van der Waals surface area contributed by atoms with Crippen LogP contribution in [0.5, 0.6) is 0 Å². The Kier molecular flexibility index (Phi) is 4.70. The van der Waals surface area contributed by atoms with Crippen molar-refractivity contribution >= 4 is 16.0 Å². The molecule has 1 rings (SSSR count). The number of nitrogens with one attached hydrogen (secondary N) is 1. The number of aliphatic carboxylic acids is 1. The van der Waals surface area contributed by atoms with E-state index in [4.69, 9.17) is 5.11 Å². The molecule has 1 heterocycles. The first kappa shape index (κ1) is 15.6. The number of carboxylic acids is 1. The molecule has 108 valence electrons. The normalized spacial score (nSPS) is 12.6. The maximum absolute atomic E-state index is 12.2. The molecular formula is C11H19N3O4S. The van der Waals surface area contributed by atoms with E-state index in [-0.39, 0.29) is 11.4 Å². The van der Waals surface area contributed by atoms with E-state index in [0.717, 1.165) is 10.9 Å². The van der Waals surface area contributed by atoms with Gasteiger partial charge in [0.25, 0.3) is 0 Å². The van der Waals surface area contributed by atoms with Gasteiger partial charge in [0.05, 0.1) is 6.20 Å². The number of sulfonamides is 1. The number of nitrogens with zero attached hydrogens (tertiary/aromatic N) is 2. The second-order valence-corrected chi connectivity index (χ2v) is 6.32. The van der Waals surface area contributed by atoms with E-state index < -0.39 is 21.5 Å². The van der Waals surface area contributed by atoms with Crippen molar-refractivity contribution in [2.24, 2.45) is 0 Å². The number of aromatic nitrogens is 2. The minimum Gasteiger partial charge on any atom is -0.480 e. The second kappa shape index (κ2) is 5.70. The van der Waals surface area contributed by atoms with E-state index in [9.17, 15) is 13.2 Å². The number of hydrogen-bond donors (Lipinski definition) is 2. The lowest BCUT2D eigenvalue weighted by Crippen LogP contribution is -2.44. The van der Waals surface area contributed by atoms with Crippen LogP contribution in [0.2, 0.25) is 0 Å². The predicted molar refractivity (Wildman–Crippen MR) is 69.2 cm³/mol. The molecule has 19 heavy (non-hydrogen) atoms. The molecule has 0 bridgehead atoms. The van der Waals surface area contributed by atoms with Crippen LogP contribution in [0.15, 0.2) is 17.3 Å². The third-order valence-electron chi connectivity index (χ3n) is 3.16. The Morgan fingerprint density at radius 3 is 2.53 bits per heavy atom. The zero-order valence-corrected chi connectivity index (χ0v) is 12.1. The Labute approximate surface area is 112 Å². The van der Waals surface area contributed by atoms with Crippen LogP contribution in [0.25, 0.3) is 0 Å². The van der Waals surface area contributed by atoms with Gasteiger partial charge in [0.15, 0.2) is 0 Å². The monoisotopic (exact) mass is 289 g/mol. The summed E-state index contributed by atoms with van der Waals surface area (Å²) in [5.74, 6) is -1.08. The largest absolute Gasteiger partial charge is 0.480 e. The van der Waals surface area contributed by atoms with Gasteiger partial charge in [-0.2, -0.15) is 5.10 Å². The van der Waals surface area contributed by atoms with Crippen LogP contribution in [0.4, 0.5) is 0 Å². The highest BCUT2D eigenvalue weighted by atomic mass is 32.2. The first-order valence-electron chi connectivity index (χ1n) is 6.00. The van der Waals surface area contributed by atoms with Gasteiger partial charge in [-0.15, -0.1) is 0 Å². The van der Waals surface area contributed by atoms with Crippen molar-refractivity contribution in [3.05, 3.63) is 12.4 Å². The number of rotatable bonds is 7. The highest BCUT2D eigenvalue weighted by molar-refractivity contribution is 7.89. The van der Waals surface area contributed by atoms with Crippen molar-refractivity contribution < 1.29 is 18.3 Å². The Hall–Kier alpha value is -1.41. The zero-order chi connectivity index (χ0) is 14.7. The number of carboxylic acid groups (broad SMARTS) is 1. The fourth-order valence-corrected chi connectivity index (χ4v) is 2.99. The average Bonchev–Trinajstić information content (AvgIpc) is 2.76. The van der Waals surface area contributed by atoms with E-state index in [1.54, 1.807) is 0 Å². The van der Waals surface area contributed by atoms with E-state index in [1.807, 2.05) is 20.8 Å². The topological polar surface area (TPSA) is 101 Å². The summed E-state index contributed by atoms with van der Waals surface area (Å²) in [6.45, 7) is 5.26. The molecule has 0 radical (unpaired) electrons. The number of carbonyl (C=O) groups is 1. The first-order valence-corrected chi connectivity index (χ1v) is 7.49. The van der Waals surface area contributed by atoms with Crippen LogP contribution < -0.4 is 4.72 Å². The summed E-state index contributed by atoms with van der Waals surface area (Å²) in [6, 6.07) is 0. The van der Waals surface area contributed by atoms with Crippen molar-refractivity contribution in [3.8, 4) is 0 Å². The maximum Gasteiger partial charge on any atom is 0.325 e. The zero-order valence-electron chi connectivity index (χ0n) is 11.3. The molecule has 0 aliphatic rings. The molecule has 0 atom stereocenters. The molecule has 0 aliphatic carbocycles. The molecule has 0 aromatic carbocycles. The predicted octanol–water partition coefficient (Wildman–Crippen LogP) is 0.825. The van der Waals surface area contributed by atoms with Crippen LogP contribution in [0.1, 0.15) is 33.6 Å². The summed E-state index contributed by atoms with van der Waals surface area (Å²) in [5.41, 5.74) is -0.520. The number of hydrogen-bond acceptors (Lipinski definition) is 4. The van der Waals surface area contributed by atoms with Gasteiger partial charge < -0.3 is 5.11 Å².